The van der Waals surface area contributed by atoms with Crippen LogP contribution in [0.15, 0.2) is 30.5 Å². The maximum Gasteiger partial charge on any atom is 0.266 e. The summed E-state index contributed by atoms with van der Waals surface area (Å²) in [6, 6.07) is 6.69. The van der Waals surface area contributed by atoms with Crippen LogP contribution in [0, 0.1) is 11.8 Å². The number of halogens is 1. The van der Waals surface area contributed by atoms with E-state index < -0.39 is 0 Å². The van der Waals surface area contributed by atoms with E-state index in [9.17, 15) is 4.79 Å². The number of nitrogens with one attached hydrogen (secondary N) is 1. The van der Waals surface area contributed by atoms with Crippen molar-refractivity contribution < 1.29 is 9.90 Å². The smallest absolute Gasteiger partial charge is 0.266 e. The number of pyridine rings is 1. The lowest BCUT2D eigenvalue weighted by Gasteiger charge is -2.01. The second kappa shape index (κ2) is 6.34. The summed E-state index contributed by atoms with van der Waals surface area (Å²) < 4.78 is 0. The molecule has 96 valence electrons. The Morgan fingerprint density at radius 3 is 2.95 bits per heavy atom. The van der Waals surface area contributed by atoms with Crippen LogP contribution in [-0.4, -0.2) is 22.6 Å². The second-order valence-electron chi connectivity index (χ2n) is 3.44. The number of anilines is 1. The SMILES string of the molecule is O=C(Nc1ccc(Cl)cn1)c1ccc(C#CCO)s1. The molecule has 4 nitrogen and oxygen atoms in total. The molecule has 0 saturated heterocycles. The fraction of sp³-hybridized carbons (Fsp3) is 0.0769. The van der Waals surface area contributed by atoms with Crippen molar-refractivity contribution in [2.45, 2.75) is 0 Å². The van der Waals surface area contributed by atoms with Gasteiger partial charge in [0.15, 0.2) is 0 Å². The average molecular weight is 293 g/mol. The summed E-state index contributed by atoms with van der Waals surface area (Å²) in [5, 5.41) is 11.8. The van der Waals surface area contributed by atoms with Crippen LogP contribution in [0.3, 0.4) is 0 Å². The largest absolute Gasteiger partial charge is 0.384 e. The maximum absolute atomic E-state index is 11.9. The monoisotopic (exact) mass is 292 g/mol. The number of aliphatic hydroxyl groups is 1. The Labute approximate surface area is 119 Å². The zero-order valence-corrected chi connectivity index (χ0v) is 11.3. The first kappa shape index (κ1) is 13.6. The van der Waals surface area contributed by atoms with Crippen LogP contribution in [0.25, 0.3) is 0 Å². The lowest BCUT2D eigenvalue weighted by atomic mass is 10.4. The van der Waals surface area contributed by atoms with E-state index in [1.54, 1.807) is 24.3 Å². The molecule has 1 amide bonds. The summed E-state index contributed by atoms with van der Waals surface area (Å²) in [6.07, 6.45) is 1.46. The van der Waals surface area contributed by atoms with Crippen LogP contribution in [0.2, 0.25) is 5.02 Å². The van der Waals surface area contributed by atoms with Gasteiger partial charge in [-0.15, -0.1) is 11.3 Å². The molecular formula is C13H9ClN2O2S. The highest BCUT2D eigenvalue weighted by molar-refractivity contribution is 7.14. The normalized spacial score (nSPS) is 9.58. The molecule has 0 atom stereocenters. The van der Waals surface area contributed by atoms with E-state index in [2.05, 4.69) is 22.1 Å². The third-order valence-electron chi connectivity index (χ3n) is 2.09. The maximum atomic E-state index is 11.9. The number of thiophene rings is 1. The number of carbonyl (C=O) groups is 1. The molecule has 0 aromatic carbocycles. The molecule has 0 saturated carbocycles. The third kappa shape index (κ3) is 3.80. The molecule has 2 rings (SSSR count). The van der Waals surface area contributed by atoms with Crippen molar-refractivity contribution in [3.63, 3.8) is 0 Å². The molecule has 0 bridgehead atoms. The van der Waals surface area contributed by atoms with Crippen molar-refractivity contribution in [1.82, 2.24) is 4.98 Å². The molecule has 0 spiro atoms. The summed E-state index contributed by atoms with van der Waals surface area (Å²) in [7, 11) is 0. The lowest BCUT2D eigenvalue weighted by Crippen LogP contribution is -2.10. The predicted molar refractivity (Wildman–Crippen MR) is 75.5 cm³/mol. The van der Waals surface area contributed by atoms with Crippen LogP contribution in [0.1, 0.15) is 14.5 Å². The molecule has 0 unspecified atom stereocenters. The molecule has 0 fully saturated rings. The number of hydrogen-bond acceptors (Lipinski definition) is 4. The fourth-order valence-corrected chi connectivity index (χ4v) is 2.17. The second-order valence-corrected chi connectivity index (χ2v) is 4.96. The Bertz CT molecular complexity index is 641. The predicted octanol–water partition coefficient (Wildman–Crippen LogP) is 2.39. The van der Waals surface area contributed by atoms with Crippen LogP contribution in [-0.2, 0) is 0 Å². The minimum Gasteiger partial charge on any atom is -0.384 e. The van der Waals surface area contributed by atoms with E-state index in [1.165, 1.54) is 17.5 Å². The number of nitrogens with zero attached hydrogens (tertiary/aromatic N) is 1. The van der Waals surface area contributed by atoms with Crippen molar-refractivity contribution in [2.24, 2.45) is 0 Å². The van der Waals surface area contributed by atoms with Crippen molar-refractivity contribution in [3.05, 3.63) is 45.2 Å². The van der Waals surface area contributed by atoms with E-state index in [1.807, 2.05) is 0 Å². The minimum atomic E-state index is -0.253. The number of rotatable bonds is 2. The van der Waals surface area contributed by atoms with Crippen LogP contribution >= 0.6 is 22.9 Å². The van der Waals surface area contributed by atoms with Gasteiger partial charge in [0.05, 0.1) is 14.8 Å². The van der Waals surface area contributed by atoms with Crippen molar-refractivity contribution in [3.8, 4) is 11.8 Å². The first-order chi connectivity index (χ1) is 9.19. The van der Waals surface area contributed by atoms with Crippen LogP contribution < -0.4 is 5.32 Å². The average Bonchev–Trinajstić information content (AvgIpc) is 2.88. The highest BCUT2D eigenvalue weighted by atomic mass is 35.5. The van der Waals surface area contributed by atoms with Gasteiger partial charge in [-0.25, -0.2) is 4.98 Å². The molecule has 2 N–H and O–H groups in total. The Morgan fingerprint density at radius 1 is 1.42 bits per heavy atom. The van der Waals surface area contributed by atoms with E-state index in [0.29, 0.717) is 15.7 Å². The fourth-order valence-electron chi connectivity index (χ4n) is 1.28. The highest BCUT2D eigenvalue weighted by Crippen LogP contribution is 2.17. The standard InChI is InChI=1S/C13H9ClN2O2S/c14-9-3-6-12(15-8-9)16-13(18)11-5-4-10(19-11)2-1-7-17/h3-6,8,17H,7H2,(H,15,16,18). The van der Waals surface area contributed by atoms with Gasteiger partial charge in [-0.3, -0.25) is 4.79 Å². The van der Waals surface area contributed by atoms with E-state index in [0.717, 1.165) is 4.88 Å². The molecular weight excluding hydrogens is 284 g/mol. The lowest BCUT2D eigenvalue weighted by molar-refractivity contribution is 0.103. The summed E-state index contributed by atoms with van der Waals surface area (Å²) in [5.41, 5.74) is 0. The Morgan fingerprint density at radius 2 is 2.26 bits per heavy atom. The summed E-state index contributed by atoms with van der Waals surface area (Å²) >= 11 is 6.96. The first-order valence-electron chi connectivity index (χ1n) is 5.31. The van der Waals surface area contributed by atoms with Gasteiger partial charge in [0.2, 0.25) is 0 Å². The molecule has 0 aliphatic carbocycles. The quantitative estimate of drug-likeness (QED) is 0.836. The van der Waals surface area contributed by atoms with Crippen molar-refractivity contribution in [1.29, 1.82) is 0 Å². The number of amides is 1. The van der Waals surface area contributed by atoms with Gasteiger partial charge >= 0.3 is 0 Å². The molecule has 6 heteroatoms. The van der Waals surface area contributed by atoms with Gasteiger partial charge in [-0.1, -0.05) is 23.4 Å². The van der Waals surface area contributed by atoms with Gasteiger partial charge in [0, 0.05) is 6.20 Å². The van der Waals surface area contributed by atoms with E-state index in [4.69, 9.17) is 16.7 Å². The number of aromatic nitrogens is 1. The van der Waals surface area contributed by atoms with Crippen LogP contribution in [0.4, 0.5) is 5.82 Å². The van der Waals surface area contributed by atoms with Gasteiger partial charge in [0.1, 0.15) is 12.4 Å². The highest BCUT2D eigenvalue weighted by Gasteiger charge is 2.09. The molecule has 0 aliphatic rings. The molecule has 0 radical (unpaired) electrons. The molecule has 19 heavy (non-hydrogen) atoms. The van der Waals surface area contributed by atoms with E-state index >= 15 is 0 Å². The topological polar surface area (TPSA) is 62.2 Å². The Kier molecular flexibility index (Phi) is 4.53. The Hall–Kier alpha value is -1.87. The number of aliphatic hydroxyl groups excluding tert-OH is 1. The van der Waals surface area contributed by atoms with Gasteiger partial charge in [0.25, 0.3) is 5.91 Å². The molecule has 2 aromatic rings. The number of hydrogen-bond donors (Lipinski definition) is 2. The zero-order valence-electron chi connectivity index (χ0n) is 9.68. The first-order valence-corrected chi connectivity index (χ1v) is 6.51. The van der Waals surface area contributed by atoms with Crippen LogP contribution in [0.5, 0.6) is 0 Å². The summed E-state index contributed by atoms with van der Waals surface area (Å²) in [6.45, 7) is -0.200. The zero-order chi connectivity index (χ0) is 13.7. The molecule has 2 heterocycles. The Balaban J connectivity index is 2.07. The molecule has 0 aliphatic heterocycles. The van der Waals surface area contributed by atoms with Crippen molar-refractivity contribution in [2.75, 3.05) is 11.9 Å². The summed E-state index contributed by atoms with van der Waals surface area (Å²) in [4.78, 5) is 17.1. The molecule has 2 aromatic heterocycles. The van der Waals surface area contributed by atoms with Gasteiger partial charge < -0.3 is 10.4 Å². The van der Waals surface area contributed by atoms with Gasteiger partial charge in [-0.05, 0) is 24.3 Å². The third-order valence-corrected chi connectivity index (χ3v) is 3.31. The minimum absolute atomic E-state index is 0.200. The summed E-state index contributed by atoms with van der Waals surface area (Å²) in [5.74, 6) is 5.46. The van der Waals surface area contributed by atoms with Crippen molar-refractivity contribution >= 4 is 34.7 Å². The van der Waals surface area contributed by atoms with Gasteiger partial charge in [-0.2, -0.15) is 0 Å². The van der Waals surface area contributed by atoms with E-state index in [-0.39, 0.29) is 12.5 Å². The number of carbonyl (C=O) groups excluding carboxylic acids is 1.